The van der Waals surface area contributed by atoms with E-state index in [-0.39, 0.29) is 18.2 Å². The first-order chi connectivity index (χ1) is 11.5. The molecule has 0 radical (unpaired) electrons. The Kier molecular flexibility index (Phi) is 6.82. The van der Waals surface area contributed by atoms with Crippen molar-refractivity contribution < 1.29 is 14.7 Å². The van der Waals surface area contributed by atoms with E-state index >= 15 is 0 Å². The molecule has 0 saturated carbocycles. The van der Waals surface area contributed by atoms with E-state index in [1.54, 1.807) is 11.0 Å². The Bertz CT molecular complexity index is 687. The molecule has 24 heavy (non-hydrogen) atoms. The Labute approximate surface area is 150 Å². The number of amides is 1. The fourth-order valence-electron chi connectivity index (χ4n) is 2.45. The van der Waals surface area contributed by atoms with Crippen molar-refractivity contribution in [1.29, 1.82) is 0 Å². The van der Waals surface area contributed by atoms with Crippen molar-refractivity contribution in [2.24, 2.45) is 0 Å². The van der Waals surface area contributed by atoms with Crippen LogP contribution in [0.3, 0.4) is 0 Å². The molecule has 1 N–H and O–H groups in total. The molecule has 1 unspecified atom stereocenters. The third-order valence-corrected chi connectivity index (χ3v) is 5.15. The molecule has 0 spiro atoms. The first-order valence-electron chi connectivity index (χ1n) is 7.77. The number of hydrogen-bond donors (Lipinski definition) is 1. The minimum absolute atomic E-state index is 0.0113. The molecule has 6 heteroatoms. The summed E-state index contributed by atoms with van der Waals surface area (Å²) in [4.78, 5) is 26.3. The molecule has 1 amide bonds. The highest BCUT2D eigenvalue weighted by atomic mass is 35.5. The zero-order valence-corrected chi connectivity index (χ0v) is 15.0. The van der Waals surface area contributed by atoms with Gasteiger partial charge in [0.25, 0.3) is 0 Å². The lowest BCUT2D eigenvalue weighted by atomic mass is 10.1. The Hall–Kier alpha value is -1.85. The average molecular weight is 366 g/mol. The summed E-state index contributed by atoms with van der Waals surface area (Å²) in [7, 11) is 0. The van der Waals surface area contributed by atoms with Gasteiger partial charge in [0.2, 0.25) is 5.91 Å². The Balaban J connectivity index is 2.10. The first-order valence-corrected chi connectivity index (χ1v) is 8.96. The molecule has 1 heterocycles. The summed E-state index contributed by atoms with van der Waals surface area (Å²) in [6, 6.07) is 13.4. The maximum Gasteiger partial charge on any atom is 0.303 e. The standard InChI is InChI=1S/C18H20ClNO3S/c1-13(15-9-10-16(19)24-15)18(23)20(11-5-8-17(21)22)12-14-6-3-2-4-7-14/h2-4,6-7,9-10,13H,5,8,11-12H2,1H3,(H,21,22). The minimum atomic E-state index is -0.847. The number of rotatable bonds is 8. The van der Waals surface area contributed by atoms with Crippen LogP contribution in [0.5, 0.6) is 0 Å². The molecular weight excluding hydrogens is 346 g/mol. The van der Waals surface area contributed by atoms with Gasteiger partial charge in [-0.3, -0.25) is 9.59 Å². The fourth-order valence-corrected chi connectivity index (χ4v) is 3.55. The van der Waals surface area contributed by atoms with Crippen molar-refractivity contribution in [3.05, 3.63) is 57.2 Å². The van der Waals surface area contributed by atoms with E-state index in [1.807, 2.05) is 43.3 Å². The van der Waals surface area contributed by atoms with Gasteiger partial charge in [-0.2, -0.15) is 0 Å². The highest BCUT2D eigenvalue weighted by molar-refractivity contribution is 7.16. The van der Waals surface area contributed by atoms with E-state index in [2.05, 4.69) is 0 Å². The second-order valence-corrected chi connectivity index (χ2v) is 7.35. The number of aliphatic carboxylic acids is 1. The molecule has 1 atom stereocenters. The molecule has 4 nitrogen and oxygen atoms in total. The summed E-state index contributed by atoms with van der Waals surface area (Å²) in [6.45, 7) is 2.76. The predicted molar refractivity (Wildman–Crippen MR) is 96.5 cm³/mol. The van der Waals surface area contributed by atoms with Crippen molar-refractivity contribution in [3.63, 3.8) is 0 Å². The van der Waals surface area contributed by atoms with Crippen LogP contribution in [0.15, 0.2) is 42.5 Å². The smallest absolute Gasteiger partial charge is 0.303 e. The van der Waals surface area contributed by atoms with Gasteiger partial charge in [-0.25, -0.2) is 0 Å². The van der Waals surface area contributed by atoms with Crippen LogP contribution in [0, 0.1) is 0 Å². The second kappa shape index (κ2) is 8.85. The molecule has 0 saturated heterocycles. The third kappa shape index (κ3) is 5.35. The molecule has 1 aromatic carbocycles. The molecule has 0 bridgehead atoms. The number of carbonyl (C=O) groups is 2. The van der Waals surface area contributed by atoms with Crippen molar-refractivity contribution in [1.82, 2.24) is 4.90 Å². The maximum absolute atomic E-state index is 12.9. The maximum atomic E-state index is 12.9. The van der Waals surface area contributed by atoms with E-state index < -0.39 is 5.97 Å². The Morgan fingerprint density at radius 2 is 1.92 bits per heavy atom. The monoisotopic (exact) mass is 365 g/mol. The van der Waals surface area contributed by atoms with Gasteiger partial charge in [-0.15, -0.1) is 11.3 Å². The van der Waals surface area contributed by atoms with Crippen molar-refractivity contribution in [2.45, 2.75) is 32.2 Å². The van der Waals surface area contributed by atoms with Gasteiger partial charge in [-0.1, -0.05) is 41.9 Å². The Morgan fingerprint density at radius 1 is 1.21 bits per heavy atom. The highest BCUT2D eigenvalue weighted by Gasteiger charge is 2.23. The summed E-state index contributed by atoms with van der Waals surface area (Å²) >= 11 is 7.37. The number of halogens is 1. The van der Waals surface area contributed by atoms with E-state index in [4.69, 9.17) is 16.7 Å². The van der Waals surface area contributed by atoms with Gasteiger partial charge < -0.3 is 10.0 Å². The van der Waals surface area contributed by atoms with E-state index in [0.29, 0.717) is 23.8 Å². The lowest BCUT2D eigenvalue weighted by Crippen LogP contribution is -2.34. The first kappa shape index (κ1) is 18.5. The van der Waals surface area contributed by atoms with Crippen LogP contribution in [-0.2, 0) is 16.1 Å². The number of thiophene rings is 1. The molecule has 2 aromatic rings. The summed E-state index contributed by atoms with van der Waals surface area (Å²) in [5, 5.41) is 8.83. The van der Waals surface area contributed by atoms with Gasteiger partial charge in [0.05, 0.1) is 10.3 Å². The molecule has 128 valence electrons. The van der Waals surface area contributed by atoms with Gasteiger partial charge in [0, 0.05) is 24.4 Å². The third-order valence-electron chi connectivity index (χ3n) is 3.74. The normalized spacial score (nSPS) is 11.9. The van der Waals surface area contributed by atoms with E-state index in [9.17, 15) is 9.59 Å². The zero-order chi connectivity index (χ0) is 17.5. The summed E-state index contributed by atoms with van der Waals surface area (Å²) < 4.78 is 0.658. The van der Waals surface area contributed by atoms with E-state index in [0.717, 1.165) is 10.4 Å². The summed E-state index contributed by atoms with van der Waals surface area (Å²) in [5.41, 5.74) is 1.03. The predicted octanol–water partition coefficient (Wildman–Crippen LogP) is 4.40. The van der Waals surface area contributed by atoms with Crippen molar-refractivity contribution in [3.8, 4) is 0 Å². The number of hydrogen-bond acceptors (Lipinski definition) is 3. The Morgan fingerprint density at radius 3 is 2.50 bits per heavy atom. The van der Waals surface area contributed by atoms with E-state index in [1.165, 1.54) is 11.3 Å². The number of carbonyl (C=O) groups excluding carboxylic acids is 1. The van der Waals surface area contributed by atoms with Crippen LogP contribution < -0.4 is 0 Å². The topological polar surface area (TPSA) is 57.6 Å². The molecule has 0 aliphatic heterocycles. The van der Waals surface area contributed by atoms with Crippen molar-refractivity contribution in [2.75, 3.05) is 6.54 Å². The fraction of sp³-hybridized carbons (Fsp3) is 0.333. The number of carboxylic acid groups (broad SMARTS) is 1. The SMILES string of the molecule is CC(C(=O)N(CCCC(=O)O)Cc1ccccc1)c1ccc(Cl)s1. The molecule has 1 aromatic heterocycles. The minimum Gasteiger partial charge on any atom is -0.481 e. The number of carboxylic acids is 1. The van der Waals surface area contributed by atoms with Crippen LogP contribution in [-0.4, -0.2) is 28.4 Å². The van der Waals surface area contributed by atoms with Gasteiger partial charge in [-0.05, 0) is 31.0 Å². The van der Waals surface area contributed by atoms with Crippen LogP contribution in [0.1, 0.15) is 36.1 Å². The zero-order valence-electron chi connectivity index (χ0n) is 13.4. The average Bonchev–Trinajstić information content (AvgIpc) is 2.99. The second-order valence-electron chi connectivity index (χ2n) is 5.61. The van der Waals surface area contributed by atoms with Gasteiger partial charge in [0.1, 0.15) is 0 Å². The van der Waals surface area contributed by atoms with Crippen LogP contribution in [0.2, 0.25) is 4.34 Å². The number of nitrogens with zero attached hydrogens (tertiary/aromatic N) is 1. The largest absolute Gasteiger partial charge is 0.481 e. The van der Waals surface area contributed by atoms with Crippen LogP contribution in [0.25, 0.3) is 0 Å². The van der Waals surface area contributed by atoms with Crippen LogP contribution in [0.4, 0.5) is 0 Å². The summed E-state index contributed by atoms with van der Waals surface area (Å²) in [5.74, 6) is -1.15. The lowest BCUT2D eigenvalue weighted by molar-refractivity contribution is -0.138. The molecule has 0 aliphatic carbocycles. The molecule has 0 aliphatic rings. The summed E-state index contributed by atoms with van der Waals surface area (Å²) in [6.07, 6.45) is 0.490. The molecule has 0 fully saturated rings. The quantitative estimate of drug-likeness (QED) is 0.754. The van der Waals surface area contributed by atoms with Gasteiger partial charge in [0.15, 0.2) is 0 Å². The van der Waals surface area contributed by atoms with Gasteiger partial charge >= 0.3 is 5.97 Å². The highest BCUT2D eigenvalue weighted by Crippen LogP contribution is 2.29. The van der Waals surface area contributed by atoms with Crippen molar-refractivity contribution >= 4 is 34.8 Å². The lowest BCUT2D eigenvalue weighted by Gasteiger charge is -2.25. The molecule has 2 rings (SSSR count). The van der Waals surface area contributed by atoms with Crippen LogP contribution >= 0.6 is 22.9 Å². The number of benzene rings is 1. The molecular formula is C18H20ClNO3S.